The van der Waals surface area contributed by atoms with Gasteiger partial charge in [0.1, 0.15) is 6.04 Å². The molecule has 0 amide bonds. The molecule has 0 radical (unpaired) electrons. The molecule has 17 heavy (non-hydrogen) atoms. The van der Waals surface area contributed by atoms with Gasteiger partial charge in [-0.25, -0.2) is 0 Å². The van der Waals surface area contributed by atoms with Crippen molar-refractivity contribution in [3.63, 3.8) is 0 Å². The van der Waals surface area contributed by atoms with Gasteiger partial charge in [0.05, 0.1) is 7.11 Å². The van der Waals surface area contributed by atoms with Gasteiger partial charge < -0.3 is 15.0 Å². The maximum Gasteiger partial charge on any atom is 0.324 e. The first-order valence-corrected chi connectivity index (χ1v) is 5.90. The first-order chi connectivity index (χ1) is 8.20. The minimum atomic E-state index is -0.260. The van der Waals surface area contributed by atoms with Gasteiger partial charge in [0.15, 0.2) is 0 Å². The van der Waals surface area contributed by atoms with Crippen LogP contribution in [0.3, 0.4) is 0 Å². The first kappa shape index (κ1) is 12.2. The highest BCUT2D eigenvalue weighted by Gasteiger charge is 2.25. The molecule has 1 heterocycles. The molecule has 0 aliphatic carbocycles. The first-order valence-electron chi connectivity index (χ1n) is 5.52. The normalized spacial score (nSPS) is 20.1. The van der Waals surface area contributed by atoms with Crippen molar-refractivity contribution in [2.45, 2.75) is 6.04 Å². The zero-order valence-electron chi connectivity index (χ0n) is 9.65. The standard InChI is InChI=1S/C12H15ClN2O2/c1-17-12(16)11-8-15(7-6-14-11)10-4-2-9(13)3-5-10/h2-5,11,14H,6-8H2,1H3/t11-/m1/s1. The maximum atomic E-state index is 11.5. The van der Waals surface area contributed by atoms with Crippen LogP contribution >= 0.6 is 11.6 Å². The van der Waals surface area contributed by atoms with E-state index in [1.54, 1.807) is 0 Å². The zero-order chi connectivity index (χ0) is 12.3. The predicted octanol–water partition coefficient (Wildman–Crippen LogP) is 1.29. The molecule has 0 saturated carbocycles. The molecule has 0 spiro atoms. The van der Waals surface area contributed by atoms with Crippen LogP contribution in [-0.4, -0.2) is 38.8 Å². The average molecular weight is 255 g/mol. The summed E-state index contributed by atoms with van der Waals surface area (Å²) in [4.78, 5) is 13.6. The second kappa shape index (κ2) is 5.38. The molecule has 1 aliphatic rings. The van der Waals surface area contributed by atoms with Crippen molar-refractivity contribution >= 4 is 23.3 Å². The van der Waals surface area contributed by atoms with Crippen molar-refractivity contribution in [1.29, 1.82) is 0 Å². The molecule has 5 heteroatoms. The van der Waals surface area contributed by atoms with Crippen LogP contribution in [0.1, 0.15) is 0 Å². The van der Waals surface area contributed by atoms with Crippen LogP contribution in [0.2, 0.25) is 5.02 Å². The summed E-state index contributed by atoms with van der Waals surface area (Å²) < 4.78 is 4.74. The van der Waals surface area contributed by atoms with Gasteiger partial charge in [0.25, 0.3) is 0 Å². The van der Waals surface area contributed by atoms with Crippen molar-refractivity contribution in [2.24, 2.45) is 0 Å². The molecule has 1 aliphatic heterocycles. The number of carbonyl (C=O) groups is 1. The van der Waals surface area contributed by atoms with Gasteiger partial charge in [-0.1, -0.05) is 11.6 Å². The van der Waals surface area contributed by atoms with Crippen molar-refractivity contribution in [1.82, 2.24) is 5.32 Å². The topological polar surface area (TPSA) is 41.6 Å². The lowest BCUT2D eigenvalue weighted by atomic mass is 10.2. The highest BCUT2D eigenvalue weighted by molar-refractivity contribution is 6.30. The summed E-state index contributed by atoms with van der Waals surface area (Å²) in [6.45, 7) is 2.26. The number of nitrogens with one attached hydrogen (secondary N) is 1. The van der Waals surface area contributed by atoms with E-state index in [2.05, 4.69) is 10.2 Å². The molecule has 0 aromatic heterocycles. The maximum absolute atomic E-state index is 11.5. The van der Waals surface area contributed by atoms with Crippen molar-refractivity contribution in [2.75, 3.05) is 31.6 Å². The van der Waals surface area contributed by atoms with E-state index >= 15 is 0 Å². The average Bonchev–Trinajstić information content (AvgIpc) is 2.39. The quantitative estimate of drug-likeness (QED) is 0.808. The zero-order valence-corrected chi connectivity index (χ0v) is 10.4. The molecule has 1 atom stereocenters. The molecular formula is C12H15ClN2O2. The number of esters is 1. The van der Waals surface area contributed by atoms with Gasteiger partial charge in [-0.3, -0.25) is 4.79 Å². The lowest BCUT2D eigenvalue weighted by Crippen LogP contribution is -2.54. The third kappa shape index (κ3) is 2.90. The highest BCUT2D eigenvalue weighted by atomic mass is 35.5. The van der Waals surface area contributed by atoms with E-state index in [1.807, 2.05) is 24.3 Å². The van der Waals surface area contributed by atoms with Gasteiger partial charge in [-0.15, -0.1) is 0 Å². The Bertz CT molecular complexity index is 394. The summed E-state index contributed by atoms with van der Waals surface area (Å²) in [6.07, 6.45) is 0. The van der Waals surface area contributed by atoms with Crippen LogP contribution < -0.4 is 10.2 Å². The number of piperazine rings is 1. The van der Waals surface area contributed by atoms with Gasteiger partial charge >= 0.3 is 5.97 Å². The summed E-state index contributed by atoms with van der Waals surface area (Å²) in [7, 11) is 1.41. The summed E-state index contributed by atoms with van der Waals surface area (Å²) in [5.41, 5.74) is 1.07. The second-order valence-corrected chi connectivity index (χ2v) is 4.39. The molecule has 4 nitrogen and oxygen atoms in total. The van der Waals surface area contributed by atoms with E-state index in [0.29, 0.717) is 11.6 Å². The molecule has 2 rings (SSSR count). The van der Waals surface area contributed by atoms with Crippen LogP contribution in [0, 0.1) is 0 Å². The molecule has 1 saturated heterocycles. The predicted molar refractivity (Wildman–Crippen MR) is 67.5 cm³/mol. The fraction of sp³-hybridized carbons (Fsp3) is 0.417. The molecule has 1 fully saturated rings. The Balaban J connectivity index is 2.06. The van der Waals surface area contributed by atoms with E-state index in [4.69, 9.17) is 16.3 Å². The lowest BCUT2D eigenvalue weighted by molar-refractivity contribution is -0.143. The third-order valence-corrected chi connectivity index (χ3v) is 3.10. The molecule has 1 aromatic rings. The SMILES string of the molecule is COC(=O)[C@H]1CN(c2ccc(Cl)cc2)CCN1. The van der Waals surface area contributed by atoms with Gasteiger partial charge in [-0.2, -0.15) is 0 Å². The number of methoxy groups -OCH3 is 1. The largest absolute Gasteiger partial charge is 0.468 e. The van der Waals surface area contributed by atoms with E-state index in [9.17, 15) is 4.79 Å². The Morgan fingerprint density at radius 2 is 2.18 bits per heavy atom. The molecule has 0 unspecified atom stereocenters. The number of nitrogens with zero attached hydrogens (tertiary/aromatic N) is 1. The van der Waals surface area contributed by atoms with Crippen LogP contribution in [0.5, 0.6) is 0 Å². The van der Waals surface area contributed by atoms with Crippen LogP contribution in [0.4, 0.5) is 5.69 Å². The molecule has 0 bridgehead atoms. The number of halogens is 1. The molecular weight excluding hydrogens is 240 g/mol. The molecule has 1 aromatic carbocycles. The van der Waals surface area contributed by atoms with Crippen molar-refractivity contribution < 1.29 is 9.53 Å². The molecule has 92 valence electrons. The summed E-state index contributed by atoms with van der Waals surface area (Å²) in [5, 5.41) is 3.85. The number of carbonyl (C=O) groups excluding carboxylic acids is 1. The van der Waals surface area contributed by atoms with Crippen LogP contribution in [-0.2, 0) is 9.53 Å². The third-order valence-electron chi connectivity index (χ3n) is 2.85. The van der Waals surface area contributed by atoms with E-state index in [1.165, 1.54) is 7.11 Å². The van der Waals surface area contributed by atoms with E-state index < -0.39 is 0 Å². The van der Waals surface area contributed by atoms with Gasteiger partial charge in [0.2, 0.25) is 0 Å². The Kier molecular flexibility index (Phi) is 3.86. The summed E-state index contributed by atoms with van der Waals surface area (Å²) >= 11 is 5.85. The fourth-order valence-corrected chi connectivity index (χ4v) is 2.06. The Morgan fingerprint density at radius 1 is 1.47 bits per heavy atom. The van der Waals surface area contributed by atoms with Crippen LogP contribution in [0.25, 0.3) is 0 Å². The highest BCUT2D eigenvalue weighted by Crippen LogP contribution is 2.19. The number of benzene rings is 1. The Labute approximate surface area is 106 Å². The number of hydrogen-bond acceptors (Lipinski definition) is 4. The number of anilines is 1. The van der Waals surface area contributed by atoms with Gasteiger partial charge in [-0.05, 0) is 24.3 Å². The summed E-state index contributed by atoms with van der Waals surface area (Å²) in [5.74, 6) is -0.219. The van der Waals surface area contributed by atoms with E-state index in [-0.39, 0.29) is 12.0 Å². The number of hydrogen-bond donors (Lipinski definition) is 1. The molecule has 1 N–H and O–H groups in total. The van der Waals surface area contributed by atoms with Crippen molar-refractivity contribution in [3.05, 3.63) is 29.3 Å². The van der Waals surface area contributed by atoms with Crippen LogP contribution in [0.15, 0.2) is 24.3 Å². The number of rotatable bonds is 2. The minimum absolute atomic E-state index is 0.219. The lowest BCUT2D eigenvalue weighted by Gasteiger charge is -2.33. The Hall–Kier alpha value is -1.26. The van der Waals surface area contributed by atoms with E-state index in [0.717, 1.165) is 18.8 Å². The minimum Gasteiger partial charge on any atom is -0.468 e. The second-order valence-electron chi connectivity index (χ2n) is 3.95. The van der Waals surface area contributed by atoms with Crippen molar-refractivity contribution in [3.8, 4) is 0 Å². The monoisotopic (exact) mass is 254 g/mol. The Morgan fingerprint density at radius 3 is 2.82 bits per heavy atom. The smallest absolute Gasteiger partial charge is 0.324 e. The summed E-state index contributed by atoms with van der Waals surface area (Å²) in [6, 6.07) is 7.37. The van der Waals surface area contributed by atoms with Gasteiger partial charge in [0, 0.05) is 30.3 Å². The number of ether oxygens (including phenoxy) is 1. The fourth-order valence-electron chi connectivity index (χ4n) is 1.94.